The van der Waals surface area contributed by atoms with Crippen LogP contribution in [0.25, 0.3) is 11.0 Å². The molecule has 5 heteroatoms. The molecule has 34 heavy (non-hydrogen) atoms. The van der Waals surface area contributed by atoms with E-state index < -0.39 is 0 Å². The van der Waals surface area contributed by atoms with Crippen molar-refractivity contribution in [3.8, 4) is 0 Å². The molecule has 0 radical (unpaired) electrons. The van der Waals surface area contributed by atoms with E-state index in [0.717, 1.165) is 56.6 Å². The number of carbonyl (C=O) groups excluding carboxylic acids is 1. The number of fused-ring (bicyclic) bond motifs is 1. The minimum atomic E-state index is 0.0926. The zero-order valence-corrected chi connectivity index (χ0v) is 20.9. The molecular formula is C29H40N4O. The van der Waals surface area contributed by atoms with Gasteiger partial charge in [-0.3, -0.25) is 4.79 Å². The van der Waals surface area contributed by atoms with Crippen LogP contribution < -0.4 is 5.32 Å². The van der Waals surface area contributed by atoms with Crippen LogP contribution in [-0.2, 0) is 11.2 Å². The fourth-order valence-electron chi connectivity index (χ4n) is 5.23. The number of unbranched alkanes of at least 4 members (excludes halogenated alkanes) is 4. The molecule has 3 aromatic rings. The Bertz CT molecular complexity index is 1040. The van der Waals surface area contributed by atoms with E-state index in [4.69, 9.17) is 4.98 Å². The smallest absolute Gasteiger partial charge is 0.210 e. The summed E-state index contributed by atoms with van der Waals surface area (Å²) >= 11 is 0. The summed E-state index contributed by atoms with van der Waals surface area (Å²) in [5.74, 6) is 0.968. The third-order valence-electron chi connectivity index (χ3n) is 7.21. The van der Waals surface area contributed by atoms with Gasteiger partial charge in [-0.1, -0.05) is 75.9 Å². The first kappa shape index (κ1) is 24.3. The first-order valence-corrected chi connectivity index (χ1v) is 13.3. The van der Waals surface area contributed by atoms with E-state index >= 15 is 0 Å². The van der Waals surface area contributed by atoms with E-state index in [-0.39, 0.29) is 6.04 Å². The quantitative estimate of drug-likeness (QED) is 0.236. The maximum atomic E-state index is 11.9. The Balaban J connectivity index is 1.57. The Labute approximate surface area is 204 Å². The number of piperidine rings is 1. The molecule has 1 aromatic heterocycles. The highest BCUT2D eigenvalue weighted by molar-refractivity contribution is 5.78. The van der Waals surface area contributed by atoms with Crippen LogP contribution in [0.3, 0.4) is 0 Å². The van der Waals surface area contributed by atoms with Gasteiger partial charge in [0.05, 0.1) is 17.1 Å². The lowest BCUT2D eigenvalue weighted by Gasteiger charge is -2.38. The van der Waals surface area contributed by atoms with Gasteiger partial charge < -0.3 is 14.8 Å². The van der Waals surface area contributed by atoms with Crippen molar-refractivity contribution in [3.05, 3.63) is 59.7 Å². The van der Waals surface area contributed by atoms with Gasteiger partial charge in [0.2, 0.25) is 12.4 Å². The molecule has 1 amide bonds. The zero-order chi connectivity index (χ0) is 23.8. The van der Waals surface area contributed by atoms with Crippen LogP contribution in [0, 0.1) is 0 Å². The maximum absolute atomic E-state index is 11.9. The van der Waals surface area contributed by atoms with Gasteiger partial charge in [0.1, 0.15) is 0 Å². The standard InChI is InChI=1S/C29H40N4O/c1-3-5-7-10-19-30-29-31-26-12-8-9-13-27(26)33(29)25-18-20-32(22-34)28(21-25)24-16-14-23(15-17-24)11-6-4-2/h8-9,12-17,22,25,28H,3-7,10-11,18-21H2,1-2H3,(H,30,31). The van der Waals surface area contributed by atoms with Crippen LogP contribution in [0.2, 0.25) is 0 Å². The molecule has 2 aromatic carbocycles. The second kappa shape index (κ2) is 12.0. The lowest BCUT2D eigenvalue weighted by Crippen LogP contribution is -2.37. The molecule has 0 spiro atoms. The predicted molar refractivity (Wildman–Crippen MR) is 141 cm³/mol. The van der Waals surface area contributed by atoms with Crippen molar-refractivity contribution in [1.29, 1.82) is 0 Å². The first-order chi connectivity index (χ1) is 16.7. The molecule has 1 fully saturated rings. The first-order valence-electron chi connectivity index (χ1n) is 13.3. The molecular weight excluding hydrogens is 420 g/mol. The number of hydrogen-bond acceptors (Lipinski definition) is 3. The average Bonchev–Trinajstić information content (AvgIpc) is 3.25. The molecule has 1 aliphatic rings. The third-order valence-corrected chi connectivity index (χ3v) is 7.21. The van der Waals surface area contributed by atoms with Crippen molar-refractivity contribution < 1.29 is 4.79 Å². The van der Waals surface area contributed by atoms with Crippen molar-refractivity contribution >= 4 is 23.4 Å². The van der Waals surface area contributed by atoms with Crippen molar-refractivity contribution in [2.75, 3.05) is 18.4 Å². The number of para-hydroxylation sites is 2. The summed E-state index contributed by atoms with van der Waals surface area (Å²) < 4.78 is 2.40. The molecule has 182 valence electrons. The Kier molecular flexibility index (Phi) is 8.62. The summed E-state index contributed by atoms with van der Waals surface area (Å²) in [6.07, 6.45) is 11.3. The van der Waals surface area contributed by atoms with Crippen LogP contribution in [0.15, 0.2) is 48.5 Å². The highest BCUT2D eigenvalue weighted by atomic mass is 16.1. The summed E-state index contributed by atoms with van der Waals surface area (Å²) in [5.41, 5.74) is 4.83. The number of rotatable bonds is 12. The van der Waals surface area contributed by atoms with Crippen LogP contribution in [0.5, 0.6) is 0 Å². The Hall–Kier alpha value is -2.82. The monoisotopic (exact) mass is 460 g/mol. The number of aromatic nitrogens is 2. The minimum Gasteiger partial charge on any atom is -0.356 e. The molecule has 0 saturated carbocycles. The second-order valence-corrected chi connectivity index (χ2v) is 9.66. The summed E-state index contributed by atoms with van der Waals surface area (Å²) in [4.78, 5) is 18.9. The average molecular weight is 461 g/mol. The van der Waals surface area contributed by atoms with E-state index in [1.165, 1.54) is 48.7 Å². The number of anilines is 1. The lowest BCUT2D eigenvalue weighted by atomic mass is 9.91. The van der Waals surface area contributed by atoms with E-state index in [2.05, 4.69) is 72.3 Å². The number of nitrogens with one attached hydrogen (secondary N) is 1. The van der Waals surface area contributed by atoms with Gasteiger partial charge in [0, 0.05) is 19.1 Å². The van der Waals surface area contributed by atoms with Crippen LogP contribution in [-0.4, -0.2) is 34.0 Å². The number of likely N-dealkylation sites (tertiary alicyclic amines) is 1. The number of imidazole rings is 1. The van der Waals surface area contributed by atoms with Gasteiger partial charge in [-0.05, 0) is 55.4 Å². The van der Waals surface area contributed by atoms with E-state index in [1.54, 1.807) is 0 Å². The van der Waals surface area contributed by atoms with Gasteiger partial charge in [-0.25, -0.2) is 4.98 Å². The summed E-state index contributed by atoms with van der Waals surface area (Å²) in [5, 5.41) is 3.63. The summed E-state index contributed by atoms with van der Waals surface area (Å²) in [6, 6.07) is 17.8. The molecule has 0 aliphatic carbocycles. The predicted octanol–water partition coefficient (Wildman–Crippen LogP) is 6.91. The molecule has 1 aliphatic heterocycles. The fraction of sp³-hybridized carbons (Fsp3) is 0.517. The van der Waals surface area contributed by atoms with Gasteiger partial charge in [0.25, 0.3) is 0 Å². The molecule has 2 unspecified atom stereocenters. The molecule has 0 bridgehead atoms. The van der Waals surface area contributed by atoms with Crippen molar-refractivity contribution in [1.82, 2.24) is 14.5 Å². The maximum Gasteiger partial charge on any atom is 0.210 e. The molecule has 1 saturated heterocycles. The van der Waals surface area contributed by atoms with E-state index in [1.807, 2.05) is 4.90 Å². The Morgan fingerprint density at radius 1 is 1.00 bits per heavy atom. The van der Waals surface area contributed by atoms with E-state index in [9.17, 15) is 4.79 Å². The Morgan fingerprint density at radius 2 is 1.79 bits per heavy atom. The zero-order valence-electron chi connectivity index (χ0n) is 20.9. The SMILES string of the molecule is CCCCCCNc1nc2ccccc2n1C1CCN(C=O)C(c2ccc(CCCC)cc2)C1. The second-order valence-electron chi connectivity index (χ2n) is 9.66. The largest absolute Gasteiger partial charge is 0.356 e. The number of carbonyl (C=O) groups is 1. The van der Waals surface area contributed by atoms with Gasteiger partial charge in [0.15, 0.2) is 0 Å². The molecule has 5 nitrogen and oxygen atoms in total. The lowest BCUT2D eigenvalue weighted by molar-refractivity contribution is -0.122. The molecule has 2 atom stereocenters. The summed E-state index contributed by atoms with van der Waals surface area (Å²) in [6.45, 7) is 6.18. The van der Waals surface area contributed by atoms with Crippen molar-refractivity contribution in [2.24, 2.45) is 0 Å². The number of amides is 1. The normalized spacial score (nSPS) is 18.4. The van der Waals surface area contributed by atoms with Gasteiger partial charge in [-0.2, -0.15) is 0 Å². The number of aryl methyl sites for hydroxylation is 1. The van der Waals surface area contributed by atoms with Crippen LogP contribution in [0.4, 0.5) is 5.95 Å². The summed E-state index contributed by atoms with van der Waals surface area (Å²) in [7, 11) is 0. The Morgan fingerprint density at radius 3 is 2.56 bits per heavy atom. The fourth-order valence-corrected chi connectivity index (χ4v) is 5.23. The highest BCUT2D eigenvalue weighted by Gasteiger charge is 2.31. The molecule has 2 heterocycles. The van der Waals surface area contributed by atoms with Crippen LogP contribution >= 0.6 is 0 Å². The topological polar surface area (TPSA) is 50.2 Å². The number of nitrogens with zero attached hydrogens (tertiary/aromatic N) is 3. The number of hydrogen-bond donors (Lipinski definition) is 1. The van der Waals surface area contributed by atoms with E-state index in [0.29, 0.717) is 6.04 Å². The van der Waals surface area contributed by atoms with Crippen LogP contribution in [0.1, 0.15) is 88.4 Å². The molecule has 4 rings (SSSR count). The third kappa shape index (κ3) is 5.63. The van der Waals surface area contributed by atoms with Gasteiger partial charge >= 0.3 is 0 Å². The van der Waals surface area contributed by atoms with Crippen molar-refractivity contribution in [2.45, 2.75) is 83.7 Å². The highest BCUT2D eigenvalue weighted by Crippen LogP contribution is 2.39. The minimum absolute atomic E-state index is 0.0926. The van der Waals surface area contributed by atoms with Crippen molar-refractivity contribution in [3.63, 3.8) is 0 Å². The van der Waals surface area contributed by atoms with Gasteiger partial charge in [-0.15, -0.1) is 0 Å². The molecule has 1 N–H and O–H groups in total. The number of benzene rings is 2.